The Kier molecular flexibility index (Phi) is 6.95. The van der Waals surface area contributed by atoms with Gasteiger partial charge in [0.1, 0.15) is 12.0 Å². The third-order valence-corrected chi connectivity index (χ3v) is 7.77. The molecule has 0 radical (unpaired) electrons. The third-order valence-electron chi connectivity index (χ3n) is 7.77. The van der Waals surface area contributed by atoms with Crippen molar-refractivity contribution in [2.45, 2.75) is 63.4 Å². The molecular formula is C30H33NO5. The molecule has 2 aliphatic carbocycles. The third kappa shape index (κ3) is 4.57. The highest BCUT2D eigenvalue weighted by Gasteiger charge is 2.45. The maximum Gasteiger partial charge on any atom is 0.315 e. The number of benzene rings is 2. The van der Waals surface area contributed by atoms with Gasteiger partial charge in [0.05, 0.1) is 14.2 Å². The van der Waals surface area contributed by atoms with Crippen molar-refractivity contribution in [1.82, 2.24) is 0 Å². The number of ether oxygens (including phenoxy) is 3. The molecule has 1 fully saturated rings. The Morgan fingerprint density at radius 3 is 2.33 bits per heavy atom. The first-order valence-corrected chi connectivity index (χ1v) is 12.8. The van der Waals surface area contributed by atoms with E-state index < -0.39 is 11.8 Å². The molecule has 3 aliphatic rings. The fourth-order valence-corrected chi connectivity index (χ4v) is 5.98. The first kappa shape index (κ1) is 24.3. The number of hydrogen-bond acceptors (Lipinski definition) is 6. The standard InChI is InChI=1S/C30H33NO5/c1-18-27(30(33)36-22-11-7-8-12-22)28(20-13-14-25(34-2)26(17-20)35-3)29-23(31-18)15-21(16-24(29)32)19-9-5-4-6-10-19/h4-6,9-10,13-14,17,21-22,27-28H,7-8,11-12,15-16H2,1-3H3/t21-,27?,28+/m0/s1. The zero-order valence-electron chi connectivity index (χ0n) is 21.2. The molecule has 0 bridgehead atoms. The average molecular weight is 488 g/mol. The van der Waals surface area contributed by atoms with Gasteiger partial charge in [0.15, 0.2) is 17.3 Å². The second kappa shape index (κ2) is 10.3. The van der Waals surface area contributed by atoms with Gasteiger partial charge in [-0.15, -0.1) is 0 Å². The van der Waals surface area contributed by atoms with Crippen molar-refractivity contribution < 1.29 is 23.8 Å². The van der Waals surface area contributed by atoms with Crippen LogP contribution in [0.3, 0.4) is 0 Å². The lowest BCUT2D eigenvalue weighted by molar-refractivity contribution is -0.151. The van der Waals surface area contributed by atoms with Crippen LogP contribution in [0.4, 0.5) is 0 Å². The normalized spacial score (nSPS) is 24.2. The van der Waals surface area contributed by atoms with Crippen molar-refractivity contribution in [3.8, 4) is 11.5 Å². The molecule has 5 rings (SSSR count). The number of hydrogen-bond donors (Lipinski definition) is 0. The van der Waals surface area contributed by atoms with Crippen LogP contribution in [0.25, 0.3) is 0 Å². The number of Topliss-reactive ketones (excluding diaryl/α,β-unsaturated/α-hetero) is 1. The molecule has 6 nitrogen and oxygen atoms in total. The van der Waals surface area contributed by atoms with Gasteiger partial charge >= 0.3 is 5.97 Å². The summed E-state index contributed by atoms with van der Waals surface area (Å²) in [5.74, 6) is -0.157. The molecular weight excluding hydrogens is 454 g/mol. The predicted octanol–water partition coefficient (Wildman–Crippen LogP) is 5.76. The lowest BCUT2D eigenvalue weighted by Gasteiger charge is -2.37. The minimum atomic E-state index is -0.653. The van der Waals surface area contributed by atoms with Crippen LogP contribution in [0.1, 0.15) is 68.4 Å². The van der Waals surface area contributed by atoms with Crippen molar-refractivity contribution in [3.05, 3.63) is 70.9 Å². The van der Waals surface area contributed by atoms with Crippen LogP contribution >= 0.6 is 0 Å². The van der Waals surface area contributed by atoms with Gasteiger partial charge in [-0.1, -0.05) is 36.4 Å². The van der Waals surface area contributed by atoms with Crippen LogP contribution in [0.5, 0.6) is 11.5 Å². The van der Waals surface area contributed by atoms with Crippen LogP contribution in [0.15, 0.2) is 64.8 Å². The largest absolute Gasteiger partial charge is 0.493 e. The fraction of sp³-hybridized carbons (Fsp3) is 0.433. The quantitative estimate of drug-likeness (QED) is 0.484. The van der Waals surface area contributed by atoms with Crippen LogP contribution < -0.4 is 9.47 Å². The van der Waals surface area contributed by atoms with Gasteiger partial charge in [0, 0.05) is 29.3 Å². The van der Waals surface area contributed by atoms with Crippen LogP contribution in [0, 0.1) is 5.92 Å². The summed E-state index contributed by atoms with van der Waals surface area (Å²) in [5, 5.41) is 0. The highest BCUT2D eigenvalue weighted by molar-refractivity contribution is 6.09. The van der Waals surface area contributed by atoms with Crippen LogP contribution in [0.2, 0.25) is 0 Å². The monoisotopic (exact) mass is 487 g/mol. The minimum Gasteiger partial charge on any atom is -0.493 e. The number of methoxy groups -OCH3 is 2. The molecule has 1 unspecified atom stereocenters. The zero-order valence-corrected chi connectivity index (χ0v) is 21.2. The van der Waals surface area contributed by atoms with Gasteiger partial charge in [-0.25, -0.2) is 0 Å². The summed E-state index contributed by atoms with van der Waals surface area (Å²) in [4.78, 5) is 32.2. The molecule has 1 saturated carbocycles. The van der Waals surface area contributed by atoms with E-state index in [0.29, 0.717) is 35.6 Å². The molecule has 0 amide bonds. The molecule has 6 heteroatoms. The number of carbonyl (C=O) groups is 2. The van der Waals surface area contributed by atoms with E-state index in [2.05, 4.69) is 12.1 Å². The van der Waals surface area contributed by atoms with Crippen molar-refractivity contribution in [2.24, 2.45) is 10.9 Å². The molecule has 2 aromatic carbocycles. The summed E-state index contributed by atoms with van der Waals surface area (Å²) in [6.45, 7) is 1.88. The molecule has 0 N–H and O–H groups in total. The van der Waals surface area contributed by atoms with E-state index in [9.17, 15) is 9.59 Å². The average Bonchev–Trinajstić information content (AvgIpc) is 3.40. The summed E-state index contributed by atoms with van der Waals surface area (Å²) in [6, 6.07) is 15.7. The van der Waals surface area contributed by atoms with Crippen molar-refractivity contribution in [1.29, 1.82) is 0 Å². The molecule has 36 heavy (non-hydrogen) atoms. The number of ketones is 1. The first-order chi connectivity index (χ1) is 17.5. The fourth-order valence-electron chi connectivity index (χ4n) is 5.98. The van der Waals surface area contributed by atoms with Gasteiger partial charge in [0.2, 0.25) is 0 Å². The summed E-state index contributed by atoms with van der Waals surface area (Å²) >= 11 is 0. The zero-order chi connectivity index (χ0) is 25.2. The molecule has 1 aliphatic heterocycles. The van der Waals surface area contributed by atoms with E-state index in [-0.39, 0.29) is 23.8 Å². The Balaban J connectivity index is 1.57. The number of carbonyl (C=O) groups excluding carboxylic acids is 2. The molecule has 188 valence electrons. The summed E-state index contributed by atoms with van der Waals surface area (Å²) in [7, 11) is 3.17. The lowest BCUT2D eigenvalue weighted by Crippen LogP contribution is -2.39. The first-order valence-electron chi connectivity index (χ1n) is 12.8. The number of esters is 1. The van der Waals surface area contributed by atoms with Gasteiger partial charge in [-0.05, 0) is 68.2 Å². The highest BCUT2D eigenvalue weighted by Crippen LogP contribution is 2.48. The van der Waals surface area contributed by atoms with Crippen molar-refractivity contribution >= 4 is 17.5 Å². The van der Waals surface area contributed by atoms with E-state index in [1.165, 1.54) is 0 Å². The summed E-state index contributed by atoms with van der Waals surface area (Å²) in [6.07, 6.45) is 4.92. The van der Waals surface area contributed by atoms with Crippen LogP contribution in [-0.4, -0.2) is 37.8 Å². The lowest BCUT2D eigenvalue weighted by atomic mass is 9.69. The predicted molar refractivity (Wildman–Crippen MR) is 138 cm³/mol. The van der Waals surface area contributed by atoms with E-state index in [0.717, 1.165) is 42.5 Å². The van der Waals surface area contributed by atoms with Gasteiger partial charge in [-0.3, -0.25) is 14.6 Å². The summed E-state index contributed by atoms with van der Waals surface area (Å²) in [5.41, 5.74) is 4.07. The minimum absolute atomic E-state index is 0.0415. The maximum atomic E-state index is 13.8. The van der Waals surface area contributed by atoms with Crippen molar-refractivity contribution in [2.75, 3.05) is 14.2 Å². The summed E-state index contributed by atoms with van der Waals surface area (Å²) < 4.78 is 17.0. The highest BCUT2D eigenvalue weighted by atomic mass is 16.5. The Labute approximate surface area is 212 Å². The SMILES string of the molecule is COc1ccc([C@H]2C3=C(C[C@H](c4ccccc4)CC3=O)N=C(C)C2C(=O)OC2CCCC2)cc1OC. The smallest absolute Gasteiger partial charge is 0.315 e. The Bertz CT molecular complexity index is 1210. The van der Waals surface area contributed by atoms with Gasteiger partial charge in [-0.2, -0.15) is 0 Å². The number of nitrogens with zero attached hydrogens (tertiary/aromatic N) is 1. The Hall–Kier alpha value is -3.41. The molecule has 0 aromatic heterocycles. The van der Waals surface area contributed by atoms with Crippen LogP contribution in [-0.2, 0) is 14.3 Å². The topological polar surface area (TPSA) is 74.2 Å². The maximum absolute atomic E-state index is 13.8. The number of aliphatic imine (C=N–C) groups is 1. The van der Waals surface area contributed by atoms with Gasteiger partial charge in [0.25, 0.3) is 0 Å². The van der Waals surface area contributed by atoms with E-state index >= 15 is 0 Å². The molecule has 0 spiro atoms. The Morgan fingerprint density at radius 1 is 0.917 bits per heavy atom. The van der Waals surface area contributed by atoms with E-state index in [1.54, 1.807) is 14.2 Å². The van der Waals surface area contributed by atoms with Crippen molar-refractivity contribution in [3.63, 3.8) is 0 Å². The number of rotatable bonds is 6. The second-order valence-electron chi connectivity index (χ2n) is 9.97. The van der Waals surface area contributed by atoms with Gasteiger partial charge < -0.3 is 14.2 Å². The number of allylic oxidation sites excluding steroid dienone is 2. The molecule has 1 heterocycles. The van der Waals surface area contributed by atoms with E-state index in [1.807, 2.05) is 43.3 Å². The van der Waals surface area contributed by atoms with E-state index in [4.69, 9.17) is 19.2 Å². The molecule has 0 saturated heterocycles. The second-order valence-corrected chi connectivity index (χ2v) is 9.97. The Morgan fingerprint density at radius 2 is 1.64 bits per heavy atom. The molecule has 2 aromatic rings. The molecule has 3 atom stereocenters.